The minimum atomic E-state index is 0.293. The van der Waals surface area contributed by atoms with E-state index in [1.165, 1.54) is 32.2 Å². The van der Waals surface area contributed by atoms with Crippen LogP contribution in [0.2, 0.25) is 0 Å². The van der Waals surface area contributed by atoms with E-state index in [0.29, 0.717) is 23.6 Å². The monoisotopic (exact) mass is 296 g/mol. The zero-order valence-electron chi connectivity index (χ0n) is 13.9. The van der Waals surface area contributed by atoms with Gasteiger partial charge in [-0.2, -0.15) is 0 Å². The lowest BCUT2D eigenvalue weighted by Crippen LogP contribution is -2.70. The second kappa shape index (κ2) is 6.53. The van der Waals surface area contributed by atoms with E-state index in [1.807, 2.05) is 0 Å². The summed E-state index contributed by atoms with van der Waals surface area (Å²) in [4.78, 5) is 2.59. The minimum absolute atomic E-state index is 0.293. The summed E-state index contributed by atoms with van der Waals surface area (Å²) in [6.07, 6.45) is 5.72. The molecule has 0 aromatic heterocycles. The van der Waals surface area contributed by atoms with E-state index in [9.17, 15) is 0 Å². The maximum atomic E-state index is 6.00. The number of ether oxygens (including phenoxy) is 2. The molecular formula is C17H32N2O2. The lowest BCUT2D eigenvalue weighted by molar-refractivity contribution is -0.192. The Bertz CT molecular complexity index is 348. The van der Waals surface area contributed by atoms with Crippen molar-refractivity contribution in [1.82, 2.24) is 10.2 Å². The number of likely N-dealkylation sites (tertiary alicyclic amines) is 1. The van der Waals surface area contributed by atoms with E-state index in [1.54, 1.807) is 7.11 Å². The summed E-state index contributed by atoms with van der Waals surface area (Å²) < 4.78 is 11.2. The quantitative estimate of drug-likeness (QED) is 0.811. The van der Waals surface area contributed by atoms with Crippen LogP contribution in [-0.4, -0.2) is 63.0 Å². The molecule has 4 heteroatoms. The van der Waals surface area contributed by atoms with Crippen molar-refractivity contribution in [3.63, 3.8) is 0 Å². The second-order valence-electron chi connectivity index (χ2n) is 7.63. The van der Waals surface area contributed by atoms with Gasteiger partial charge < -0.3 is 14.8 Å². The molecule has 0 amide bonds. The Kier molecular flexibility index (Phi) is 4.89. The molecule has 0 aromatic carbocycles. The Morgan fingerprint density at radius 3 is 2.95 bits per heavy atom. The molecule has 4 nitrogen and oxygen atoms in total. The molecule has 0 radical (unpaired) electrons. The van der Waals surface area contributed by atoms with E-state index in [0.717, 1.165) is 32.2 Å². The third-order valence-corrected chi connectivity index (χ3v) is 5.99. The predicted molar refractivity (Wildman–Crippen MR) is 84.5 cm³/mol. The average molecular weight is 296 g/mol. The topological polar surface area (TPSA) is 33.7 Å². The number of hydrogen-bond donors (Lipinski definition) is 1. The van der Waals surface area contributed by atoms with Gasteiger partial charge in [0.05, 0.1) is 12.7 Å². The maximum absolute atomic E-state index is 6.00. The van der Waals surface area contributed by atoms with Gasteiger partial charge in [0.15, 0.2) is 0 Å². The van der Waals surface area contributed by atoms with E-state index >= 15 is 0 Å². The van der Waals surface area contributed by atoms with Crippen molar-refractivity contribution >= 4 is 0 Å². The average Bonchev–Trinajstić information content (AvgIpc) is 2.92. The zero-order valence-corrected chi connectivity index (χ0v) is 13.9. The predicted octanol–water partition coefficient (Wildman–Crippen LogP) is 1.89. The standard InChI is InChI=1S/C17H32N2O2/c1-17(2)15(14-7-5-10-21-16(14)17)18-12-13-6-4-8-19(13)9-11-20-3/h13-16,18H,4-12H2,1-3H3/t13-,14+,15-,16-/m1/s1. The number of methoxy groups -OCH3 is 1. The highest BCUT2D eigenvalue weighted by atomic mass is 16.5. The summed E-state index contributed by atoms with van der Waals surface area (Å²) in [5.41, 5.74) is 0.293. The first-order chi connectivity index (χ1) is 10.1. The van der Waals surface area contributed by atoms with Crippen molar-refractivity contribution in [2.45, 2.75) is 57.7 Å². The van der Waals surface area contributed by atoms with Crippen LogP contribution in [0.1, 0.15) is 39.5 Å². The van der Waals surface area contributed by atoms with E-state index in [2.05, 4.69) is 24.1 Å². The smallest absolute Gasteiger partial charge is 0.0684 e. The first-order valence-corrected chi connectivity index (χ1v) is 8.72. The van der Waals surface area contributed by atoms with Gasteiger partial charge in [-0.3, -0.25) is 4.90 Å². The molecule has 3 rings (SSSR count). The zero-order chi connectivity index (χ0) is 14.9. The highest BCUT2D eigenvalue weighted by molar-refractivity contribution is 5.10. The Balaban J connectivity index is 1.50. The van der Waals surface area contributed by atoms with Crippen LogP contribution in [0.15, 0.2) is 0 Å². The number of nitrogens with one attached hydrogen (secondary N) is 1. The summed E-state index contributed by atoms with van der Waals surface area (Å²) in [5.74, 6) is 0.738. The minimum Gasteiger partial charge on any atom is -0.383 e. The van der Waals surface area contributed by atoms with Gasteiger partial charge in [0, 0.05) is 50.2 Å². The van der Waals surface area contributed by atoms with Crippen LogP contribution in [0.25, 0.3) is 0 Å². The van der Waals surface area contributed by atoms with Crippen molar-refractivity contribution in [2.24, 2.45) is 11.3 Å². The number of fused-ring (bicyclic) bond motifs is 1. The first-order valence-electron chi connectivity index (χ1n) is 8.72. The third-order valence-electron chi connectivity index (χ3n) is 5.99. The van der Waals surface area contributed by atoms with Crippen LogP contribution < -0.4 is 5.32 Å². The van der Waals surface area contributed by atoms with Crippen LogP contribution in [0.3, 0.4) is 0 Å². The molecule has 3 aliphatic rings. The van der Waals surface area contributed by atoms with Crippen molar-refractivity contribution in [3.8, 4) is 0 Å². The Labute approximate surface area is 129 Å². The van der Waals surface area contributed by atoms with Gasteiger partial charge in [-0.1, -0.05) is 13.8 Å². The number of nitrogens with zero attached hydrogens (tertiary/aromatic N) is 1. The fourth-order valence-electron chi connectivity index (χ4n) is 4.83. The molecule has 3 fully saturated rings. The molecule has 4 atom stereocenters. The number of hydrogen-bond acceptors (Lipinski definition) is 4. The van der Waals surface area contributed by atoms with E-state index in [4.69, 9.17) is 9.47 Å². The molecule has 2 aliphatic heterocycles. The van der Waals surface area contributed by atoms with Crippen LogP contribution >= 0.6 is 0 Å². The molecule has 21 heavy (non-hydrogen) atoms. The van der Waals surface area contributed by atoms with Gasteiger partial charge in [-0.15, -0.1) is 0 Å². The lowest BCUT2D eigenvalue weighted by atomic mass is 9.55. The summed E-state index contributed by atoms with van der Waals surface area (Å²) in [7, 11) is 1.80. The van der Waals surface area contributed by atoms with Gasteiger partial charge >= 0.3 is 0 Å². The normalized spacial score (nSPS) is 39.0. The second-order valence-corrected chi connectivity index (χ2v) is 7.63. The van der Waals surface area contributed by atoms with Gasteiger partial charge in [0.2, 0.25) is 0 Å². The molecular weight excluding hydrogens is 264 g/mol. The summed E-state index contributed by atoms with van der Waals surface area (Å²) in [6.45, 7) is 9.99. The van der Waals surface area contributed by atoms with Crippen molar-refractivity contribution in [2.75, 3.05) is 40.0 Å². The van der Waals surface area contributed by atoms with Gasteiger partial charge in [-0.05, 0) is 32.2 Å². The lowest BCUT2D eigenvalue weighted by Gasteiger charge is -2.60. The molecule has 0 spiro atoms. The molecule has 2 heterocycles. The fraction of sp³-hybridized carbons (Fsp3) is 1.00. The SMILES string of the molecule is COCCN1CCC[C@@H]1CN[C@@H]1[C@@H]2CCCO[C@H]2C1(C)C. The van der Waals surface area contributed by atoms with Crippen LogP contribution in [-0.2, 0) is 9.47 Å². The van der Waals surface area contributed by atoms with E-state index in [-0.39, 0.29) is 0 Å². The molecule has 0 bridgehead atoms. The van der Waals surface area contributed by atoms with Crippen molar-refractivity contribution in [1.29, 1.82) is 0 Å². The highest BCUT2D eigenvalue weighted by Crippen LogP contribution is 2.51. The highest BCUT2D eigenvalue weighted by Gasteiger charge is 2.57. The molecule has 0 aromatic rings. The summed E-state index contributed by atoms with van der Waals surface area (Å²) in [5, 5.41) is 3.89. The van der Waals surface area contributed by atoms with Gasteiger partial charge in [0.1, 0.15) is 0 Å². The summed E-state index contributed by atoms with van der Waals surface area (Å²) in [6, 6.07) is 1.33. The maximum Gasteiger partial charge on any atom is 0.0684 e. The van der Waals surface area contributed by atoms with Crippen molar-refractivity contribution in [3.05, 3.63) is 0 Å². The van der Waals surface area contributed by atoms with Crippen LogP contribution in [0.5, 0.6) is 0 Å². The number of rotatable bonds is 6. The van der Waals surface area contributed by atoms with Crippen LogP contribution in [0.4, 0.5) is 0 Å². The Morgan fingerprint density at radius 1 is 1.29 bits per heavy atom. The Hall–Kier alpha value is -0.160. The molecule has 0 unspecified atom stereocenters. The van der Waals surface area contributed by atoms with Crippen molar-refractivity contribution < 1.29 is 9.47 Å². The van der Waals surface area contributed by atoms with Gasteiger partial charge in [0.25, 0.3) is 0 Å². The molecule has 2 saturated heterocycles. The summed E-state index contributed by atoms with van der Waals surface area (Å²) >= 11 is 0. The van der Waals surface area contributed by atoms with E-state index < -0.39 is 0 Å². The molecule has 1 N–H and O–H groups in total. The van der Waals surface area contributed by atoms with Crippen LogP contribution in [0, 0.1) is 11.3 Å². The first kappa shape index (κ1) is 15.7. The van der Waals surface area contributed by atoms with Gasteiger partial charge in [-0.25, -0.2) is 0 Å². The third kappa shape index (κ3) is 3.00. The molecule has 1 saturated carbocycles. The largest absolute Gasteiger partial charge is 0.383 e. The molecule has 1 aliphatic carbocycles. The fourth-order valence-corrected chi connectivity index (χ4v) is 4.83. The Morgan fingerprint density at radius 2 is 2.14 bits per heavy atom. The molecule has 122 valence electrons.